The van der Waals surface area contributed by atoms with E-state index in [1.54, 1.807) is 24.3 Å². The zero-order valence-corrected chi connectivity index (χ0v) is 16.2. The van der Waals surface area contributed by atoms with Crippen molar-refractivity contribution in [2.45, 2.75) is 20.0 Å². The second-order valence-electron chi connectivity index (χ2n) is 6.09. The van der Waals surface area contributed by atoms with Crippen LogP contribution in [-0.2, 0) is 15.7 Å². The van der Waals surface area contributed by atoms with Gasteiger partial charge in [0, 0.05) is 25.2 Å². The van der Waals surface area contributed by atoms with Crippen LogP contribution in [0.25, 0.3) is 0 Å². The van der Waals surface area contributed by atoms with Crippen molar-refractivity contribution < 1.29 is 27.6 Å². The summed E-state index contributed by atoms with van der Waals surface area (Å²) in [6.07, 6.45) is -4.88. The second-order valence-corrected chi connectivity index (χ2v) is 6.09. The number of nitro groups is 1. The van der Waals surface area contributed by atoms with Crippen molar-refractivity contribution in [1.82, 2.24) is 0 Å². The van der Waals surface area contributed by atoms with Crippen molar-refractivity contribution in [1.29, 1.82) is 0 Å². The number of nitrogens with zero attached hydrogens (tertiary/aromatic N) is 4. The third kappa shape index (κ3) is 6.26. The topological polar surface area (TPSA) is 97.4 Å². The SMILES string of the molecule is CCN(CCOC(C)=O)c1ccc(N=Nc2ccc([N+](=O)[O-])c(C(F)(F)F)c2)cc1. The summed E-state index contributed by atoms with van der Waals surface area (Å²) < 4.78 is 44.0. The number of hydrogen-bond donors (Lipinski definition) is 0. The van der Waals surface area contributed by atoms with Crippen LogP contribution in [0.2, 0.25) is 0 Å². The largest absolute Gasteiger partial charge is 0.464 e. The monoisotopic (exact) mass is 424 g/mol. The molecule has 30 heavy (non-hydrogen) atoms. The molecule has 0 aliphatic carbocycles. The van der Waals surface area contributed by atoms with Crippen LogP contribution in [0.4, 0.5) is 35.9 Å². The van der Waals surface area contributed by atoms with Gasteiger partial charge in [0.05, 0.1) is 22.8 Å². The lowest BCUT2D eigenvalue weighted by atomic mass is 10.1. The van der Waals surface area contributed by atoms with Gasteiger partial charge in [-0.25, -0.2) is 0 Å². The van der Waals surface area contributed by atoms with E-state index in [1.165, 1.54) is 6.92 Å². The predicted molar refractivity (Wildman–Crippen MR) is 103 cm³/mol. The number of carbonyl (C=O) groups excluding carboxylic acids is 1. The quantitative estimate of drug-likeness (QED) is 0.244. The fourth-order valence-corrected chi connectivity index (χ4v) is 2.59. The van der Waals surface area contributed by atoms with Gasteiger partial charge in [-0.05, 0) is 43.3 Å². The molecule has 2 rings (SSSR count). The van der Waals surface area contributed by atoms with E-state index in [2.05, 4.69) is 10.2 Å². The zero-order valence-electron chi connectivity index (χ0n) is 16.2. The van der Waals surface area contributed by atoms with Crippen molar-refractivity contribution in [2.75, 3.05) is 24.6 Å². The molecule has 0 aliphatic heterocycles. The maximum atomic E-state index is 13.0. The average Bonchev–Trinajstić information content (AvgIpc) is 2.69. The Bertz CT molecular complexity index is 930. The fourth-order valence-electron chi connectivity index (χ4n) is 2.59. The Morgan fingerprint density at radius 2 is 1.73 bits per heavy atom. The maximum Gasteiger partial charge on any atom is 0.423 e. The van der Waals surface area contributed by atoms with Crippen LogP contribution in [0.3, 0.4) is 0 Å². The van der Waals surface area contributed by atoms with E-state index in [9.17, 15) is 28.1 Å². The lowest BCUT2D eigenvalue weighted by molar-refractivity contribution is -0.388. The second kappa shape index (κ2) is 9.81. The zero-order chi connectivity index (χ0) is 22.3. The molecule has 0 aliphatic rings. The molecule has 8 nitrogen and oxygen atoms in total. The smallest absolute Gasteiger partial charge is 0.423 e. The Labute approximate surface area is 170 Å². The van der Waals surface area contributed by atoms with Crippen LogP contribution < -0.4 is 4.90 Å². The number of nitro benzene ring substituents is 1. The number of carbonyl (C=O) groups is 1. The molecule has 11 heteroatoms. The van der Waals surface area contributed by atoms with Crippen LogP contribution >= 0.6 is 0 Å². The minimum absolute atomic E-state index is 0.159. The van der Waals surface area contributed by atoms with Crippen molar-refractivity contribution in [2.24, 2.45) is 10.2 Å². The summed E-state index contributed by atoms with van der Waals surface area (Å²) in [5.41, 5.74) is -1.35. The van der Waals surface area contributed by atoms with Crippen LogP contribution in [-0.4, -0.2) is 30.6 Å². The molecule has 0 aromatic heterocycles. The molecule has 160 valence electrons. The van der Waals surface area contributed by atoms with Crippen LogP contribution in [0, 0.1) is 10.1 Å². The molecule has 0 spiro atoms. The molecule has 0 saturated heterocycles. The summed E-state index contributed by atoms with van der Waals surface area (Å²) in [5, 5.41) is 18.4. The molecule has 0 amide bonds. The molecule has 0 atom stereocenters. The number of anilines is 1. The molecule has 0 N–H and O–H groups in total. The number of ether oxygens (including phenoxy) is 1. The van der Waals surface area contributed by atoms with E-state index in [4.69, 9.17) is 4.74 Å². The molecule has 0 radical (unpaired) electrons. The van der Waals surface area contributed by atoms with Crippen LogP contribution in [0.5, 0.6) is 0 Å². The highest BCUT2D eigenvalue weighted by Crippen LogP contribution is 2.38. The van der Waals surface area contributed by atoms with Crippen molar-refractivity contribution >= 4 is 28.7 Å². The number of azo groups is 1. The van der Waals surface area contributed by atoms with Gasteiger partial charge in [0.1, 0.15) is 12.2 Å². The third-order valence-corrected chi connectivity index (χ3v) is 4.03. The standard InChI is InChI=1S/C19H19F3N4O4/c1-3-25(10-11-30-13(2)27)16-7-4-14(5-8-16)23-24-15-6-9-18(26(28)29)17(12-15)19(20,21)22/h4-9,12H,3,10-11H2,1-2H3. The highest BCUT2D eigenvalue weighted by atomic mass is 19.4. The fraction of sp³-hybridized carbons (Fsp3) is 0.316. The molecule has 0 fully saturated rings. The molecule has 2 aromatic carbocycles. The first kappa shape index (κ1) is 22.8. The molecule has 0 heterocycles. The number of likely N-dealkylation sites (N-methyl/N-ethyl adjacent to an activating group) is 1. The Balaban J connectivity index is 2.15. The van der Waals surface area contributed by atoms with Gasteiger partial charge in [-0.1, -0.05) is 0 Å². The van der Waals surface area contributed by atoms with Gasteiger partial charge in [0.2, 0.25) is 0 Å². The summed E-state index contributed by atoms with van der Waals surface area (Å²) in [7, 11) is 0. The molecule has 0 unspecified atom stereocenters. The first-order valence-electron chi connectivity index (χ1n) is 8.87. The van der Waals surface area contributed by atoms with E-state index < -0.39 is 22.4 Å². The van der Waals surface area contributed by atoms with Gasteiger partial charge in [-0.15, -0.1) is 0 Å². The third-order valence-electron chi connectivity index (χ3n) is 4.03. The minimum Gasteiger partial charge on any atom is -0.464 e. The van der Waals surface area contributed by atoms with Gasteiger partial charge in [-0.2, -0.15) is 23.4 Å². The van der Waals surface area contributed by atoms with Gasteiger partial charge in [0.25, 0.3) is 5.69 Å². The number of halogens is 3. The van der Waals surface area contributed by atoms with Crippen molar-refractivity contribution in [3.8, 4) is 0 Å². The number of hydrogen-bond acceptors (Lipinski definition) is 7. The molecular formula is C19H19F3N4O4. The van der Waals surface area contributed by atoms with Crippen molar-refractivity contribution in [3.05, 3.63) is 58.1 Å². The highest BCUT2D eigenvalue weighted by molar-refractivity contribution is 5.66. The van der Waals surface area contributed by atoms with Crippen molar-refractivity contribution in [3.63, 3.8) is 0 Å². The Morgan fingerprint density at radius 3 is 2.27 bits per heavy atom. The van der Waals surface area contributed by atoms with E-state index in [0.717, 1.165) is 17.8 Å². The van der Waals surface area contributed by atoms with E-state index in [0.29, 0.717) is 24.8 Å². The number of alkyl halides is 3. The lowest BCUT2D eigenvalue weighted by Crippen LogP contribution is -2.27. The highest BCUT2D eigenvalue weighted by Gasteiger charge is 2.38. The van der Waals surface area contributed by atoms with Crippen LogP contribution in [0.15, 0.2) is 52.7 Å². The average molecular weight is 424 g/mol. The first-order chi connectivity index (χ1) is 14.1. The van der Waals surface area contributed by atoms with Gasteiger partial charge in [0.15, 0.2) is 0 Å². The first-order valence-corrected chi connectivity index (χ1v) is 8.87. The van der Waals surface area contributed by atoms with Gasteiger partial charge in [-0.3, -0.25) is 14.9 Å². The summed E-state index contributed by atoms with van der Waals surface area (Å²) in [4.78, 5) is 22.5. The summed E-state index contributed by atoms with van der Waals surface area (Å²) >= 11 is 0. The van der Waals surface area contributed by atoms with E-state index in [1.807, 2.05) is 11.8 Å². The number of esters is 1. The molecular weight excluding hydrogens is 405 g/mol. The molecule has 0 saturated carbocycles. The lowest BCUT2D eigenvalue weighted by Gasteiger charge is -2.22. The Hall–Kier alpha value is -3.50. The van der Waals surface area contributed by atoms with E-state index >= 15 is 0 Å². The van der Waals surface area contributed by atoms with E-state index in [-0.39, 0.29) is 18.3 Å². The number of benzene rings is 2. The van der Waals surface area contributed by atoms with Gasteiger partial charge >= 0.3 is 12.1 Å². The Kier molecular flexibility index (Phi) is 7.45. The minimum atomic E-state index is -4.88. The maximum absolute atomic E-state index is 13.0. The predicted octanol–water partition coefficient (Wildman–Crippen LogP) is 5.42. The van der Waals surface area contributed by atoms with Gasteiger partial charge < -0.3 is 9.64 Å². The normalized spacial score (nSPS) is 11.5. The Morgan fingerprint density at radius 1 is 1.13 bits per heavy atom. The summed E-state index contributed by atoms with van der Waals surface area (Å²) in [5.74, 6) is -0.360. The van der Waals surface area contributed by atoms with Crippen LogP contribution in [0.1, 0.15) is 19.4 Å². The number of rotatable bonds is 8. The molecule has 0 bridgehead atoms. The summed E-state index contributed by atoms with van der Waals surface area (Å²) in [6.45, 7) is 4.68. The molecule has 2 aromatic rings. The summed E-state index contributed by atoms with van der Waals surface area (Å²) in [6, 6.07) is 9.20.